The SMILES string of the molecule is CC(OC(=O)C1COS(=O)(=O)CS(=O)(=O)O1)c1ccccc1.N#CCCCOC(=O)C1COS(=O)(=O)CS(=O)(=O)O1.N#CCCOC(=O)C1COS(=O)(=O)CS(=O)(=O)O1.O=C(OCc1ccc(Cl)cc1)C1COS(=O)(=O)CS(=O)(=O)O1.O=C(OCc1ccccc1)C1COS(=O)(=O)CS(=O)(=O)O1.O=C(Oc1ccccc1)C1COS(=O)(=O)CS(=O)(=O)O1. The van der Waals surface area contributed by atoms with Gasteiger partial charge >= 0.3 is 35.8 Å². The van der Waals surface area contributed by atoms with Crippen molar-refractivity contribution in [2.75, 3.05) is 83.4 Å². The highest BCUT2D eigenvalue weighted by molar-refractivity contribution is 8.06. The molecule has 7 unspecified atom stereocenters. The van der Waals surface area contributed by atoms with Crippen LogP contribution in [-0.2, 0) is 237 Å². The van der Waals surface area contributed by atoms with Gasteiger partial charge in [0, 0.05) is 11.4 Å². The molecule has 0 bridgehead atoms. The molecule has 10 rings (SSSR count). The molecule has 4 aromatic rings. The molecule has 0 aliphatic carbocycles. The summed E-state index contributed by atoms with van der Waals surface area (Å²) in [6.07, 6.45) is -10.3. The van der Waals surface area contributed by atoms with Crippen LogP contribution < -0.4 is 4.74 Å². The molecule has 6 aliphatic rings. The number of unbranched alkanes of at least 4 members (excludes halogenated alkanes) is 1. The van der Waals surface area contributed by atoms with Gasteiger partial charge in [-0.1, -0.05) is 103 Å². The second-order valence-corrected chi connectivity index (χ2v) is 45.7. The number of carbonyl (C=O) groups is 6. The van der Waals surface area contributed by atoms with Gasteiger partial charge in [-0.25, -0.2) is 28.8 Å². The summed E-state index contributed by atoms with van der Waals surface area (Å²) >= 11 is 5.70. The van der Waals surface area contributed by atoms with E-state index < -0.39 is 270 Å². The molecule has 63 heteroatoms. The summed E-state index contributed by atoms with van der Waals surface area (Å²) in [5.41, 5.74) is 2.00. The van der Waals surface area contributed by atoms with Crippen molar-refractivity contribution in [1.29, 1.82) is 10.5 Å². The first kappa shape index (κ1) is 104. The maximum atomic E-state index is 11.9. The topological polar surface area (TPSA) is 726 Å². The maximum absolute atomic E-state index is 11.9. The van der Waals surface area contributed by atoms with Crippen LogP contribution in [-0.4, -0.2) is 257 Å². The van der Waals surface area contributed by atoms with Crippen molar-refractivity contribution >= 4 is 169 Å². The number of benzene rings is 4. The number of esters is 6. The van der Waals surface area contributed by atoms with Crippen molar-refractivity contribution in [3.05, 3.63) is 137 Å². The number of carbonyl (C=O) groups excluding carboxylic acids is 6. The number of rotatable bonds is 18. The van der Waals surface area contributed by atoms with E-state index in [1.54, 1.807) is 116 Å². The predicted octanol–water partition coefficient (Wildman–Crippen LogP) is -2.53. The zero-order chi connectivity index (χ0) is 91.4. The molecule has 6 saturated heterocycles. The fourth-order valence-corrected chi connectivity index (χ4v) is 24.9. The molecule has 0 radical (unpaired) electrons. The van der Waals surface area contributed by atoms with E-state index in [-0.39, 0.29) is 51.4 Å². The smallest absolute Gasteiger partial charge is 0.344 e. The highest BCUT2D eigenvalue weighted by Crippen LogP contribution is 2.24. The third-order valence-electron chi connectivity index (χ3n) is 13.5. The number of halogens is 1. The fraction of sp³-hybridized carbons (Fsp3) is 0.458. The highest BCUT2D eigenvalue weighted by Gasteiger charge is 2.44. The van der Waals surface area contributed by atoms with Crippen LogP contribution in [0.3, 0.4) is 0 Å². The molecule has 6 heterocycles. The van der Waals surface area contributed by atoms with E-state index in [2.05, 4.69) is 59.7 Å². The fourth-order valence-electron chi connectivity index (χ4n) is 8.37. The Morgan fingerprint density at radius 1 is 0.344 bits per heavy atom. The van der Waals surface area contributed by atoms with Gasteiger partial charge in [0.05, 0.1) is 25.2 Å². The van der Waals surface area contributed by atoms with Crippen molar-refractivity contribution in [3.8, 4) is 17.9 Å². The number of hydrogen-bond acceptors (Lipinski definition) is 50. The number of nitrogens with zero attached hydrogens (tertiary/aromatic N) is 2. The van der Waals surface area contributed by atoms with Gasteiger partial charge in [-0.2, -0.15) is 112 Å². The van der Waals surface area contributed by atoms with Gasteiger partial charge in [-0.05, 0) is 54.3 Å². The molecule has 7 atom stereocenters. The minimum atomic E-state index is -4.44. The van der Waals surface area contributed by atoms with Gasteiger partial charge in [-0.15, -0.1) is 0 Å². The molecule has 680 valence electrons. The van der Waals surface area contributed by atoms with Crippen molar-refractivity contribution in [1.82, 2.24) is 0 Å². The van der Waals surface area contributed by atoms with Crippen molar-refractivity contribution in [2.45, 2.75) is 82.1 Å². The largest absolute Gasteiger partial charge is 0.464 e. The van der Waals surface area contributed by atoms with E-state index in [0.29, 0.717) is 21.7 Å². The molecule has 6 aliphatic heterocycles. The van der Waals surface area contributed by atoms with E-state index in [9.17, 15) is 130 Å². The lowest BCUT2D eigenvalue weighted by molar-refractivity contribution is -0.158. The number of hydrogen-bond donors (Lipinski definition) is 0. The Kier molecular flexibility index (Phi) is 39.1. The number of nitriles is 2. The quantitative estimate of drug-likeness (QED) is 0.0326. The summed E-state index contributed by atoms with van der Waals surface area (Å²) < 4.78 is 352. The summed E-state index contributed by atoms with van der Waals surface area (Å²) in [5, 5.41) is 8.92. The average Bonchev–Trinajstić information content (AvgIpc) is 1.71. The Labute approximate surface area is 702 Å². The molecule has 122 heavy (non-hydrogen) atoms. The van der Waals surface area contributed by atoms with Gasteiger partial charge < -0.3 is 28.4 Å². The molecule has 50 nitrogen and oxygen atoms in total. The third kappa shape index (κ3) is 40.2. The van der Waals surface area contributed by atoms with Crippen LogP contribution in [0.2, 0.25) is 5.02 Å². The van der Waals surface area contributed by atoms with Gasteiger partial charge in [-0.3, -0.25) is 50.2 Å². The molecule has 6 fully saturated rings. The van der Waals surface area contributed by atoms with E-state index in [4.69, 9.17) is 41.1 Å². The maximum Gasteiger partial charge on any atom is 0.344 e. The second kappa shape index (κ2) is 45.7. The summed E-state index contributed by atoms with van der Waals surface area (Å²) in [6.45, 7) is -3.55. The standard InChI is InChI=1S/C12H14O8S2.C11H11ClO8S2.C11H12O8S2.C10H10O8S2.C8H11NO8S2.C7H9NO8S2/c1-9(10-5-3-2-4-6-10)19-12(13)11-7-18-21(14,15)8-22(16,17)20-11;12-9-3-1-8(2-4-9)5-18-11(13)10-6-19-21(14,15)7-22(16,17)20-10;12-11(17-6-9-4-2-1-3-5-9)10-7-18-20(13,14)8-21(15,16)19-10;11-10(17-8-4-2-1-3-5-8)9-6-16-19(12,13)7-20(14,15)18-9;9-3-1-2-4-15-8(10)7-5-16-18(11,12)6-19(13,14)17-7;8-2-1-3-14-7(9)6-4-15-17(10,11)5-18(12,13)16-6/h2-6,9,11H,7-8H2,1H3;1-4,10H,5-7H2;1-5,10H,6-8H2;1-5,9H,6-7H2;7H,1-2,4-6H2;6H,1,3-5H2. The van der Waals surface area contributed by atoms with Crippen LogP contribution in [0.1, 0.15) is 49.0 Å². The summed E-state index contributed by atoms with van der Waals surface area (Å²) in [7, 11) is -52.3. The van der Waals surface area contributed by atoms with Gasteiger partial charge in [0.25, 0.3) is 121 Å². The van der Waals surface area contributed by atoms with Crippen LogP contribution in [0.15, 0.2) is 115 Å². The van der Waals surface area contributed by atoms with Crippen LogP contribution >= 0.6 is 11.6 Å². The van der Waals surface area contributed by atoms with Gasteiger partial charge in [0.2, 0.25) is 30.5 Å². The zero-order valence-corrected chi connectivity index (χ0v) is 72.3. The van der Waals surface area contributed by atoms with Crippen molar-refractivity contribution < 1.29 is 208 Å². The van der Waals surface area contributed by atoms with E-state index in [0.717, 1.165) is 0 Å². The normalized spacial score (nSPS) is 24.5. The molecular formula is C59H67ClN2O48S12. The van der Waals surface area contributed by atoms with Crippen LogP contribution in [0.4, 0.5) is 0 Å². The summed E-state index contributed by atoms with van der Waals surface area (Å²) in [5.74, 6) is -6.13. The Bertz CT molecular complexity index is 5900. The molecule has 0 spiro atoms. The van der Waals surface area contributed by atoms with E-state index >= 15 is 0 Å². The van der Waals surface area contributed by atoms with E-state index in [1.165, 1.54) is 12.1 Å². The first-order valence-electron chi connectivity index (χ1n) is 32.8. The third-order valence-corrected chi connectivity index (χ3v) is 33.7. The number of para-hydroxylation sites is 1. The number of ether oxygens (including phenoxy) is 6. The second-order valence-electron chi connectivity index (χ2n) is 23.7. The van der Waals surface area contributed by atoms with Crippen LogP contribution in [0.25, 0.3) is 0 Å². The lowest BCUT2D eigenvalue weighted by Crippen LogP contribution is -2.33. The Morgan fingerprint density at radius 2 is 0.615 bits per heavy atom. The minimum Gasteiger partial charge on any atom is -0.464 e. The Hall–Kier alpha value is -8.11. The van der Waals surface area contributed by atoms with Crippen LogP contribution in [0.5, 0.6) is 5.75 Å². The monoisotopic (exact) mass is 1990 g/mol. The predicted molar refractivity (Wildman–Crippen MR) is 399 cm³/mol. The minimum absolute atomic E-state index is 0.0790. The zero-order valence-electron chi connectivity index (χ0n) is 61.7. The van der Waals surface area contributed by atoms with Gasteiger partial charge in [0.15, 0.2) is 36.6 Å². The Balaban J connectivity index is 0.000000261. The highest BCUT2D eigenvalue weighted by atomic mass is 35.5. The van der Waals surface area contributed by atoms with Crippen LogP contribution in [0, 0.1) is 22.7 Å². The summed E-state index contributed by atoms with van der Waals surface area (Å²) in [6, 6.07) is 35.2. The molecule has 4 aromatic carbocycles. The first-order chi connectivity index (χ1) is 56.4. The lowest BCUT2D eigenvalue weighted by atomic mass is 10.1. The lowest BCUT2D eigenvalue weighted by Gasteiger charge is -2.17. The average molecular weight is 1990 g/mol. The Morgan fingerprint density at radius 3 is 0.934 bits per heavy atom. The molecule has 0 amide bonds. The van der Waals surface area contributed by atoms with Gasteiger partial charge in [0.1, 0.15) is 71.3 Å². The van der Waals surface area contributed by atoms with Crippen molar-refractivity contribution in [2.24, 2.45) is 0 Å². The van der Waals surface area contributed by atoms with E-state index in [1.807, 2.05) is 6.07 Å². The molecular weight excluding hydrogens is 1920 g/mol. The summed E-state index contributed by atoms with van der Waals surface area (Å²) in [4.78, 5) is 70.0. The molecule has 0 N–H and O–H groups in total. The van der Waals surface area contributed by atoms with Crippen molar-refractivity contribution in [3.63, 3.8) is 0 Å². The first-order valence-corrected chi connectivity index (χ1v) is 52.1. The molecule has 0 aromatic heterocycles. The molecule has 0 saturated carbocycles.